The molecule has 0 atom stereocenters. The van der Waals surface area contributed by atoms with Crippen LogP contribution in [0.2, 0.25) is 0 Å². The number of rotatable bonds is 6. The Morgan fingerprint density at radius 2 is 2.05 bits per heavy atom. The standard InChI is InChI=1S/C17H21N3O2/c1-12(2)13-3-7-15(8-4-13)22-11-20-10-9-16(19-20)17(21)18-14-5-6-14/h3-4,7-10,12,14H,5-6,11H2,1-2H3,(H,18,21). The van der Waals surface area contributed by atoms with E-state index < -0.39 is 0 Å². The normalized spacial score (nSPS) is 14.1. The highest BCUT2D eigenvalue weighted by molar-refractivity contribution is 5.92. The third kappa shape index (κ3) is 3.67. The fourth-order valence-corrected chi connectivity index (χ4v) is 2.13. The zero-order chi connectivity index (χ0) is 15.5. The SMILES string of the molecule is CC(C)c1ccc(OCn2ccc(C(=O)NC3CC3)n2)cc1. The van der Waals surface area contributed by atoms with Crippen LogP contribution >= 0.6 is 0 Å². The average molecular weight is 299 g/mol. The quantitative estimate of drug-likeness (QED) is 0.892. The van der Waals surface area contributed by atoms with Crippen LogP contribution in [0.15, 0.2) is 36.5 Å². The number of hydrogen-bond donors (Lipinski definition) is 1. The molecule has 1 saturated carbocycles. The molecule has 1 aromatic carbocycles. The Hall–Kier alpha value is -2.30. The minimum atomic E-state index is -0.109. The Labute approximate surface area is 130 Å². The van der Waals surface area contributed by atoms with Crippen LogP contribution in [0.1, 0.15) is 48.7 Å². The number of ether oxygens (including phenoxy) is 1. The lowest BCUT2D eigenvalue weighted by Crippen LogP contribution is -2.26. The average Bonchev–Trinajstić information content (AvgIpc) is 3.19. The second kappa shape index (κ2) is 6.22. The summed E-state index contributed by atoms with van der Waals surface area (Å²) < 4.78 is 7.31. The number of benzene rings is 1. The van der Waals surface area contributed by atoms with Crippen molar-refractivity contribution in [3.05, 3.63) is 47.8 Å². The lowest BCUT2D eigenvalue weighted by atomic mass is 10.0. The maximum Gasteiger partial charge on any atom is 0.271 e. The second-order valence-electron chi connectivity index (χ2n) is 5.99. The molecule has 0 unspecified atom stereocenters. The molecule has 5 heteroatoms. The van der Waals surface area contributed by atoms with Crippen molar-refractivity contribution in [2.75, 3.05) is 0 Å². The lowest BCUT2D eigenvalue weighted by Gasteiger charge is -2.09. The van der Waals surface area contributed by atoms with Gasteiger partial charge in [-0.15, -0.1) is 0 Å². The van der Waals surface area contributed by atoms with Crippen LogP contribution in [0.4, 0.5) is 0 Å². The zero-order valence-electron chi connectivity index (χ0n) is 13.0. The Morgan fingerprint density at radius 1 is 1.32 bits per heavy atom. The topological polar surface area (TPSA) is 56.1 Å². The molecule has 1 fully saturated rings. The summed E-state index contributed by atoms with van der Waals surface area (Å²) in [4.78, 5) is 11.9. The van der Waals surface area contributed by atoms with Gasteiger partial charge in [-0.2, -0.15) is 5.10 Å². The van der Waals surface area contributed by atoms with Gasteiger partial charge in [0.2, 0.25) is 0 Å². The van der Waals surface area contributed by atoms with Gasteiger partial charge < -0.3 is 10.1 Å². The Morgan fingerprint density at radius 3 is 2.68 bits per heavy atom. The van der Waals surface area contributed by atoms with E-state index in [4.69, 9.17) is 4.74 Å². The van der Waals surface area contributed by atoms with Gasteiger partial charge in [-0.1, -0.05) is 26.0 Å². The molecule has 0 radical (unpaired) electrons. The van der Waals surface area contributed by atoms with Crippen molar-refractivity contribution in [3.63, 3.8) is 0 Å². The van der Waals surface area contributed by atoms with Crippen LogP contribution in [0.25, 0.3) is 0 Å². The number of hydrogen-bond acceptors (Lipinski definition) is 3. The van der Waals surface area contributed by atoms with Crippen molar-refractivity contribution in [2.24, 2.45) is 0 Å². The van der Waals surface area contributed by atoms with E-state index in [2.05, 4.69) is 36.4 Å². The van der Waals surface area contributed by atoms with Crippen molar-refractivity contribution >= 4 is 5.91 Å². The minimum Gasteiger partial charge on any atom is -0.471 e. The fraction of sp³-hybridized carbons (Fsp3) is 0.412. The van der Waals surface area contributed by atoms with Gasteiger partial charge in [0.05, 0.1) is 0 Å². The van der Waals surface area contributed by atoms with Crippen LogP contribution in [-0.4, -0.2) is 21.7 Å². The van der Waals surface area contributed by atoms with Crippen LogP contribution < -0.4 is 10.1 Å². The van der Waals surface area contributed by atoms with Crippen molar-refractivity contribution in [1.82, 2.24) is 15.1 Å². The van der Waals surface area contributed by atoms with E-state index >= 15 is 0 Å². The number of amides is 1. The Bertz CT molecular complexity index is 642. The molecule has 1 aliphatic rings. The first-order chi connectivity index (χ1) is 10.6. The van der Waals surface area contributed by atoms with Crippen LogP contribution in [-0.2, 0) is 6.73 Å². The summed E-state index contributed by atoms with van der Waals surface area (Å²) in [6, 6.07) is 10.1. The minimum absolute atomic E-state index is 0.109. The maximum atomic E-state index is 11.9. The van der Waals surface area contributed by atoms with Crippen LogP contribution in [0.5, 0.6) is 5.75 Å². The first-order valence-corrected chi connectivity index (χ1v) is 7.69. The van der Waals surface area contributed by atoms with E-state index in [-0.39, 0.29) is 12.6 Å². The molecule has 0 spiro atoms. The van der Waals surface area contributed by atoms with Crippen molar-refractivity contribution in [1.29, 1.82) is 0 Å². The first-order valence-electron chi connectivity index (χ1n) is 7.69. The van der Waals surface area contributed by atoms with E-state index in [9.17, 15) is 4.79 Å². The fourth-order valence-electron chi connectivity index (χ4n) is 2.13. The molecular weight excluding hydrogens is 278 g/mol. The number of nitrogens with one attached hydrogen (secondary N) is 1. The molecule has 5 nitrogen and oxygen atoms in total. The molecule has 0 aliphatic heterocycles. The maximum absolute atomic E-state index is 11.9. The number of carbonyl (C=O) groups is 1. The summed E-state index contributed by atoms with van der Waals surface area (Å²) in [5, 5.41) is 7.15. The van der Waals surface area contributed by atoms with Gasteiger partial charge in [0.1, 0.15) is 11.4 Å². The van der Waals surface area contributed by atoms with Gasteiger partial charge >= 0.3 is 0 Å². The van der Waals surface area contributed by atoms with Crippen molar-refractivity contribution < 1.29 is 9.53 Å². The van der Waals surface area contributed by atoms with Crippen molar-refractivity contribution in [3.8, 4) is 5.75 Å². The molecule has 1 amide bonds. The van der Waals surface area contributed by atoms with E-state index in [1.54, 1.807) is 16.9 Å². The van der Waals surface area contributed by atoms with Gasteiger partial charge in [0.25, 0.3) is 5.91 Å². The molecule has 0 bridgehead atoms. The summed E-state index contributed by atoms with van der Waals surface area (Å²) in [6.07, 6.45) is 3.90. The summed E-state index contributed by atoms with van der Waals surface area (Å²) in [5.74, 6) is 1.19. The molecule has 2 aromatic rings. The molecule has 1 heterocycles. The lowest BCUT2D eigenvalue weighted by molar-refractivity contribution is 0.0944. The molecule has 1 N–H and O–H groups in total. The Balaban J connectivity index is 1.54. The van der Waals surface area contributed by atoms with E-state index in [0.29, 0.717) is 17.7 Å². The third-order valence-electron chi connectivity index (χ3n) is 3.70. The largest absolute Gasteiger partial charge is 0.471 e. The van der Waals surface area contributed by atoms with Gasteiger partial charge in [-0.3, -0.25) is 4.79 Å². The van der Waals surface area contributed by atoms with Crippen LogP contribution in [0.3, 0.4) is 0 Å². The smallest absolute Gasteiger partial charge is 0.271 e. The third-order valence-corrected chi connectivity index (χ3v) is 3.70. The number of carbonyl (C=O) groups excluding carboxylic acids is 1. The molecule has 1 aromatic heterocycles. The predicted octanol–water partition coefficient (Wildman–Crippen LogP) is 2.94. The summed E-state index contributed by atoms with van der Waals surface area (Å²) in [6.45, 7) is 4.61. The van der Waals surface area contributed by atoms with Gasteiger partial charge in [0, 0.05) is 12.2 Å². The molecular formula is C17H21N3O2. The highest BCUT2D eigenvalue weighted by Gasteiger charge is 2.24. The molecule has 1 aliphatic carbocycles. The second-order valence-corrected chi connectivity index (χ2v) is 5.99. The monoisotopic (exact) mass is 299 g/mol. The molecule has 3 rings (SSSR count). The van der Waals surface area contributed by atoms with E-state index in [0.717, 1.165) is 18.6 Å². The molecule has 22 heavy (non-hydrogen) atoms. The van der Waals surface area contributed by atoms with Gasteiger partial charge in [0.15, 0.2) is 6.73 Å². The van der Waals surface area contributed by atoms with E-state index in [1.807, 2.05) is 12.1 Å². The molecule has 116 valence electrons. The van der Waals surface area contributed by atoms with Gasteiger partial charge in [-0.25, -0.2) is 4.68 Å². The van der Waals surface area contributed by atoms with Crippen molar-refractivity contribution in [2.45, 2.75) is 45.4 Å². The summed E-state index contributed by atoms with van der Waals surface area (Å²) >= 11 is 0. The zero-order valence-corrected chi connectivity index (χ0v) is 13.0. The highest BCUT2D eigenvalue weighted by Crippen LogP contribution is 2.20. The highest BCUT2D eigenvalue weighted by atomic mass is 16.5. The summed E-state index contributed by atoms with van der Waals surface area (Å²) in [5.41, 5.74) is 1.72. The summed E-state index contributed by atoms with van der Waals surface area (Å²) in [7, 11) is 0. The first kappa shape index (κ1) is 14.6. The Kier molecular flexibility index (Phi) is 4.13. The van der Waals surface area contributed by atoms with Gasteiger partial charge in [-0.05, 0) is 42.5 Å². The van der Waals surface area contributed by atoms with Crippen LogP contribution in [0, 0.1) is 0 Å². The predicted molar refractivity (Wildman–Crippen MR) is 83.9 cm³/mol. The molecule has 0 saturated heterocycles. The number of aromatic nitrogens is 2. The number of nitrogens with zero attached hydrogens (tertiary/aromatic N) is 2. The van der Waals surface area contributed by atoms with E-state index in [1.165, 1.54) is 5.56 Å².